The molecule has 0 aromatic heterocycles. The fourth-order valence-corrected chi connectivity index (χ4v) is 3.32. The summed E-state index contributed by atoms with van der Waals surface area (Å²) in [6, 6.07) is 0. The SMILES string of the molecule is CC(=O)O[C@@H]1[C@H]2[C@H](C)C(=O)O[C@@H]2/C=C(\C)C[C@@H](O)/C=C(\C)[C@H]1O. The number of esters is 2. The second-order valence-corrected chi connectivity index (χ2v) is 6.48. The number of aliphatic hydroxyl groups is 2. The van der Waals surface area contributed by atoms with Crippen LogP contribution in [0.25, 0.3) is 0 Å². The van der Waals surface area contributed by atoms with Gasteiger partial charge in [-0.1, -0.05) is 18.6 Å². The lowest BCUT2D eigenvalue weighted by molar-refractivity contribution is -0.157. The number of rotatable bonds is 1. The van der Waals surface area contributed by atoms with Gasteiger partial charge in [0, 0.05) is 6.92 Å². The molecule has 128 valence electrons. The van der Waals surface area contributed by atoms with Gasteiger partial charge in [-0.05, 0) is 31.9 Å². The van der Waals surface area contributed by atoms with Crippen molar-refractivity contribution in [3.05, 3.63) is 23.3 Å². The van der Waals surface area contributed by atoms with Crippen molar-refractivity contribution in [2.45, 2.75) is 58.5 Å². The van der Waals surface area contributed by atoms with Crippen LogP contribution in [-0.2, 0) is 19.1 Å². The molecule has 1 aliphatic heterocycles. The van der Waals surface area contributed by atoms with E-state index in [1.165, 1.54) is 6.92 Å². The number of carbonyl (C=O) groups excluding carboxylic acids is 2. The maximum absolute atomic E-state index is 12.0. The quantitative estimate of drug-likeness (QED) is 0.554. The van der Waals surface area contributed by atoms with Gasteiger partial charge in [0.05, 0.1) is 17.9 Å². The second kappa shape index (κ2) is 6.84. The zero-order valence-corrected chi connectivity index (χ0v) is 13.9. The Bertz CT molecular complexity index is 549. The van der Waals surface area contributed by atoms with Crippen LogP contribution >= 0.6 is 0 Å². The Balaban J connectivity index is 2.49. The highest BCUT2D eigenvalue weighted by molar-refractivity contribution is 5.75. The lowest BCUT2D eigenvalue weighted by Gasteiger charge is -2.32. The van der Waals surface area contributed by atoms with E-state index in [-0.39, 0.29) is 5.97 Å². The van der Waals surface area contributed by atoms with E-state index in [0.29, 0.717) is 12.0 Å². The van der Waals surface area contributed by atoms with E-state index in [2.05, 4.69) is 0 Å². The van der Waals surface area contributed by atoms with Crippen molar-refractivity contribution >= 4 is 11.9 Å². The fraction of sp³-hybridized carbons (Fsp3) is 0.647. The van der Waals surface area contributed by atoms with Crippen LogP contribution in [0.2, 0.25) is 0 Å². The molecule has 1 heterocycles. The summed E-state index contributed by atoms with van der Waals surface area (Å²) < 4.78 is 10.7. The third-order valence-corrected chi connectivity index (χ3v) is 4.48. The summed E-state index contributed by atoms with van der Waals surface area (Å²) in [7, 11) is 0. The summed E-state index contributed by atoms with van der Waals surface area (Å²) in [5.41, 5.74) is 1.38. The van der Waals surface area contributed by atoms with Gasteiger partial charge in [-0.15, -0.1) is 0 Å². The van der Waals surface area contributed by atoms with Gasteiger partial charge in [0.15, 0.2) is 0 Å². The lowest BCUT2D eigenvalue weighted by atomic mass is 9.81. The average Bonchev–Trinajstić information content (AvgIpc) is 2.69. The molecule has 0 aromatic rings. The third kappa shape index (κ3) is 3.82. The zero-order valence-electron chi connectivity index (χ0n) is 13.9. The van der Waals surface area contributed by atoms with E-state index in [1.807, 2.05) is 6.92 Å². The van der Waals surface area contributed by atoms with Crippen molar-refractivity contribution in [2.24, 2.45) is 11.8 Å². The first-order valence-electron chi connectivity index (χ1n) is 7.80. The van der Waals surface area contributed by atoms with Gasteiger partial charge in [0.25, 0.3) is 0 Å². The molecule has 6 heteroatoms. The summed E-state index contributed by atoms with van der Waals surface area (Å²) >= 11 is 0. The summed E-state index contributed by atoms with van der Waals surface area (Å²) in [6.07, 6.45) is 0.347. The number of hydrogen-bond donors (Lipinski definition) is 2. The van der Waals surface area contributed by atoms with E-state index in [0.717, 1.165) is 5.57 Å². The average molecular weight is 324 g/mol. The monoisotopic (exact) mass is 324 g/mol. The molecule has 6 atom stereocenters. The van der Waals surface area contributed by atoms with Crippen LogP contribution in [0.15, 0.2) is 23.3 Å². The van der Waals surface area contributed by atoms with Crippen LogP contribution in [0, 0.1) is 11.8 Å². The van der Waals surface area contributed by atoms with Crippen molar-refractivity contribution in [3.8, 4) is 0 Å². The Hall–Kier alpha value is -1.66. The van der Waals surface area contributed by atoms with Crippen molar-refractivity contribution in [1.29, 1.82) is 0 Å². The lowest BCUT2D eigenvalue weighted by Crippen LogP contribution is -2.44. The van der Waals surface area contributed by atoms with Gasteiger partial charge in [0.2, 0.25) is 0 Å². The molecule has 0 radical (unpaired) electrons. The van der Waals surface area contributed by atoms with E-state index in [1.54, 1.807) is 26.0 Å². The summed E-state index contributed by atoms with van der Waals surface area (Å²) in [5.74, 6) is -1.89. The second-order valence-electron chi connectivity index (χ2n) is 6.48. The molecule has 0 aromatic carbocycles. The van der Waals surface area contributed by atoms with E-state index in [4.69, 9.17) is 9.47 Å². The molecule has 6 nitrogen and oxygen atoms in total. The molecular weight excluding hydrogens is 300 g/mol. The molecule has 23 heavy (non-hydrogen) atoms. The molecule has 0 spiro atoms. The number of fused-ring (bicyclic) bond motifs is 1. The summed E-state index contributed by atoms with van der Waals surface area (Å²) in [5, 5.41) is 20.7. The maximum atomic E-state index is 12.0. The normalized spacial score (nSPS) is 42.6. The highest BCUT2D eigenvalue weighted by Crippen LogP contribution is 2.37. The van der Waals surface area contributed by atoms with Crippen LogP contribution in [0.4, 0.5) is 0 Å². The van der Waals surface area contributed by atoms with E-state index in [9.17, 15) is 19.8 Å². The summed E-state index contributed by atoms with van der Waals surface area (Å²) in [6.45, 7) is 6.48. The minimum atomic E-state index is -1.11. The van der Waals surface area contributed by atoms with Gasteiger partial charge in [-0.25, -0.2) is 0 Å². The Morgan fingerprint density at radius 3 is 2.57 bits per heavy atom. The molecule has 1 saturated heterocycles. The van der Waals surface area contributed by atoms with Gasteiger partial charge in [-0.2, -0.15) is 0 Å². The first kappa shape index (κ1) is 17.7. The Labute approximate surface area is 135 Å². The molecule has 0 saturated carbocycles. The van der Waals surface area contributed by atoms with Gasteiger partial charge >= 0.3 is 11.9 Å². The number of carbonyl (C=O) groups is 2. The molecule has 0 bridgehead atoms. The Morgan fingerprint density at radius 1 is 1.30 bits per heavy atom. The van der Waals surface area contributed by atoms with Crippen LogP contribution in [0.5, 0.6) is 0 Å². The predicted octanol–water partition coefficient (Wildman–Crippen LogP) is 1.11. The third-order valence-electron chi connectivity index (χ3n) is 4.48. The zero-order chi connectivity index (χ0) is 17.3. The standard InChI is InChI=1S/C17H24O6/c1-8-5-12(19)7-9(2)15(20)16(22-11(4)18)14-10(3)17(21)23-13(14)6-8/h6-7,10,12-16,19-20H,5H2,1-4H3/b8-6+,9-7+/t10-,12+,13+,14-,15+,16+/m0/s1. The summed E-state index contributed by atoms with van der Waals surface area (Å²) in [4.78, 5) is 23.5. The molecule has 2 N–H and O–H groups in total. The highest BCUT2D eigenvalue weighted by Gasteiger charge is 2.49. The number of ether oxygens (including phenoxy) is 2. The molecule has 0 unspecified atom stereocenters. The predicted molar refractivity (Wildman–Crippen MR) is 82.2 cm³/mol. The van der Waals surface area contributed by atoms with Crippen molar-refractivity contribution < 1.29 is 29.3 Å². The van der Waals surface area contributed by atoms with E-state index < -0.39 is 42.2 Å². The van der Waals surface area contributed by atoms with Crippen LogP contribution in [-0.4, -0.2) is 46.6 Å². The highest BCUT2D eigenvalue weighted by atomic mass is 16.6. The van der Waals surface area contributed by atoms with Crippen molar-refractivity contribution in [2.75, 3.05) is 0 Å². The Kier molecular flexibility index (Phi) is 5.26. The van der Waals surface area contributed by atoms with Crippen LogP contribution < -0.4 is 0 Å². The van der Waals surface area contributed by atoms with Crippen LogP contribution in [0.1, 0.15) is 34.1 Å². The first-order chi connectivity index (χ1) is 10.7. The van der Waals surface area contributed by atoms with Gasteiger partial charge < -0.3 is 19.7 Å². The number of aliphatic hydroxyl groups excluding tert-OH is 2. The minimum absolute atomic E-state index is 0.380. The molecular formula is C17H24O6. The molecule has 1 aliphatic carbocycles. The van der Waals surface area contributed by atoms with Gasteiger partial charge in [-0.3, -0.25) is 9.59 Å². The minimum Gasteiger partial charge on any atom is -0.459 e. The largest absolute Gasteiger partial charge is 0.459 e. The Morgan fingerprint density at radius 2 is 1.96 bits per heavy atom. The fourth-order valence-electron chi connectivity index (χ4n) is 3.32. The van der Waals surface area contributed by atoms with Crippen molar-refractivity contribution in [3.63, 3.8) is 0 Å². The smallest absolute Gasteiger partial charge is 0.309 e. The maximum Gasteiger partial charge on any atom is 0.309 e. The first-order valence-corrected chi connectivity index (χ1v) is 7.80. The molecule has 2 aliphatic rings. The molecule has 1 fully saturated rings. The molecule has 2 rings (SSSR count). The van der Waals surface area contributed by atoms with Crippen molar-refractivity contribution in [1.82, 2.24) is 0 Å². The van der Waals surface area contributed by atoms with Gasteiger partial charge in [0.1, 0.15) is 18.3 Å². The van der Waals surface area contributed by atoms with Crippen LogP contribution in [0.3, 0.4) is 0 Å². The number of hydrogen-bond acceptors (Lipinski definition) is 6. The molecule has 0 amide bonds. The topological polar surface area (TPSA) is 93.1 Å². The van der Waals surface area contributed by atoms with E-state index >= 15 is 0 Å².